The largest absolute Gasteiger partial charge is 0.444 e. The molecular weight excluding hydrogens is 288 g/mol. The fraction of sp³-hybridized carbons (Fsp3) is 0.526. The highest BCUT2D eigenvalue weighted by Crippen LogP contribution is 2.15. The van der Waals surface area contributed by atoms with E-state index in [1.807, 2.05) is 20.8 Å². The van der Waals surface area contributed by atoms with Gasteiger partial charge in [-0.3, -0.25) is 0 Å². The smallest absolute Gasteiger partial charge is 0.410 e. The molecule has 0 radical (unpaired) electrons. The molecule has 1 heterocycles. The number of rotatable bonds is 4. The van der Waals surface area contributed by atoms with Crippen LogP contribution >= 0.6 is 0 Å². The highest BCUT2D eigenvalue weighted by molar-refractivity contribution is 5.68. The fourth-order valence-corrected chi connectivity index (χ4v) is 2.53. The molecule has 1 N–H and O–H groups in total. The number of aryl methyl sites for hydroxylation is 1. The average Bonchev–Trinajstić information content (AvgIpc) is 2.48. The van der Waals surface area contributed by atoms with Gasteiger partial charge < -0.3 is 15.0 Å². The minimum Gasteiger partial charge on any atom is -0.444 e. The summed E-state index contributed by atoms with van der Waals surface area (Å²) < 4.78 is 5.41. The Balaban J connectivity index is 1.77. The Bertz CT molecular complexity index is 573. The number of nitrogens with zero attached hydrogens (tertiary/aromatic N) is 1. The van der Waals surface area contributed by atoms with Crippen molar-refractivity contribution in [3.05, 3.63) is 47.0 Å². The van der Waals surface area contributed by atoms with Crippen molar-refractivity contribution in [2.24, 2.45) is 0 Å². The first-order valence-electron chi connectivity index (χ1n) is 8.26. The van der Waals surface area contributed by atoms with Gasteiger partial charge in [-0.05, 0) is 45.2 Å². The van der Waals surface area contributed by atoms with Crippen molar-refractivity contribution in [2.75, 3.05) is 19.6 Å². The van der Waals surface area contributed by atoms with Crippen LogP contribution in [0.3, 0.4) is 0 Å². The van der Waals surface area contributed by atoms with Gasteiger partial charge in [0.15, 0.2) is 0 Å². The van der Waals surface area contributed by atoms with E-state index in [0.717, 1.165) is 26.1 Å². The second kappa shape index (κ2) is 7.64. The summed E-state index contributed by atoms with van der Waals surface area (Å²) in [4.78, 5) is 13.8. The van der Waals surface area contributed by atoms with E-state index in [-0.39, 0.29) is 6.09 Å². The van der Waals surface area contributed by atoms with Crippen LogP contribution in [0.2, 0.25) is 0 Å². The number of nitrogens with one attached hydrogen (secondary N) is 1. The van der Waals surface area contributed by atoms with E-state index < -0.39 is 5.60 Å². The van der Waals surface area contributed by atoms with Gasteiger partial charge in [-0.15, -0.1) is 0 Å². The first kappa shape index (κ1) is 17.5. The van der Waals surface area contributed by atoms with Crippen molar-refractivity contribution in [2.45, 2.75) is 46.3 Å². The molecule has 23 heavy (non-hydrogen) atoms. The molecule has 4 nitrogen and oxygen atoms in total. The predicted octanol–water partition coefficient (Wildman–Crippen LogP) is 3.65. The van der Waals surface area contributed by atoms with E-state index in [1.165, 1.54) is 16.7 Å². The van der Waals surface area contributed by atoms with Crippen LogP contribution in [0, 0.1) is 6.92 Å². The molecule has 0 aromatic heterocycles. The average molecular weight is 316 g/mol. The summed E-state index contributed by atoms with van der Waals surface area (Å²) in [6.45, 7) is 10.9. The molecule has 1 aromatic rings. The lowest BCUT2D eigenvalue weighted by Crippen LogP contribution is -2.39. The number of hydrogen-bond donors (Lipinski definition) is 1. The molecule has 4 heteroatoms. The quantitative estimate of drug-likeness (QED) is 0.862. The Labute approximate surface area is 139 Å². The van der Waals surface area contributed by atoms with Gasteiger partial charge in [-0.1, -0.05) is 35.9 Å². The van der Waals surface area contributed by atoms with Gasteiger partial charge in [0.05, 0.1) is 0 Å². The third-order valence-electron chi connectivity index (χ3n) is 3.88. The second-order valence-electron chi connectivity index (χ2n) is 7.07. The zero-order chi connectivity index (χ0) is 16.9. The van der Waals surface area contributed by atoms with Crippen molar-refractivity contribution in [3.63, 3.8) is 0 Å². The normalized spacial score (nSPS) is 15.3. The maximum absolute atomic E-state index is 12.0. The van der Waals surface area contributed by atoms with Gasteiger partial charge in [0.2, 0.25) is 0 Å². The Morgan fingerprint density at radius 1 is 1.26 bits per heavy atom. The minimum atomic E-state index is -0.434. The van der Waals surface area contributed by atoms with Crippen molar-refractivity contribution < 1.29 is 9.53 Å². The van der Waals surface area contributed by atoms with Crippen LogP contribution in [-0.4, -0.2) is 36.2 Å². The summed E-state index contributed by atoms with van der Waals surface area (Å²) >= 11 is 0. The van der Waals surface area contributed by atoms with Crippen molar-refractivity contribution in [1.82, 2.24) is 10.2 Å². The number of ether oxygens (including phenoxy) is 1. The summed E-state index contributed by atoms with van der Waals surface area (Å²) in [5.41, 5.74) is 3.57. The molecule has 0 unspecified atom stereocenters. The Morgan fingerprint density at radius 2 is 2.00 bits per heavy atom. The SMILES string of the molecule is Cc1ccccc1CNCC1=CCN(C(=O)OC(C)(C)C)CC1. The molecule has 0 saturated carbocycles. The van der Waals surface area contributed by atoms with Gasteiger partial charge in [-0.25, -0.2) is 4.79 Å². The first-order chi connectivity index (χ1) is 10.8. The molecule has 0 bridgehead atoms. The molecule has 0 aliphatic carbocycles. The van der Waals surface area contributed by atoms with E-state index >= 15 is 0 Å². The first-order valence-corrected chi connectivity index (χ1v) is 8.26. The summed E-state index contributed by atoms with van der Waals surface area (Å²) in [7, 11) is 0. The van der Waals surface area contributed by atoms with Crippen LogP contribution < -0.4 is 5.32 Å². The van der Waals surface area contributed by atoms with Crippen LogP contribution in [0.5, 0.6) is 0 Å². The summed E-state index contributed by atoms with van der Waals surface area (Å²) in [5.74, 6) is 0. The lowest BCUT2D eigenvalue weighted by atomic mass is 10.1. The van der Waals surface area contributed by atoms with Crippen LogP contribution in [0.4, 0.5) is 4.79 Å². The van der Waals surface area contributed by atoms with E-state index in [2.05, 4.69) is 42.6 Å². The number of benzene rings is 1. The van der Waals surface area contributed by atoms with Crippen molar-refractivity contribution in [3.8, 4) is 0 Å². The lowest BCUT2D eigenvalue weighted by molar-refractivity contribution is 0.0265. The van der Waals surface area contributed by atoms with Crippen LogP contribution in [0.15, 0.2) is 35.9 Å². The Hall–Kier alpha value is -1.81. The molecule has 2 rings (SSSR count). The molecule has 0 saturated heterocycles. The van der Waals surface area contributed by atoms with Gasteiger partial charge in [-0.2, -0.15) is 0 Å². The van der Waals surface area contributed by atoms with Crippen LogP contribution in [0.25, 0.3) is 0 Å². The molecule has 0 fully saturated rings. The zero-order valence-corrected chi connectivity index (χ0v) is 14.7. The zero-order valence-electron chi connectivity index (χ0n) is 14.7. The second-order valence-corrected chi connectivity index (χ2v) is 7.07. The standard InChI is InChI=1S/C19H28N2O2/c1-15-7-5-6-8-17(15)14-20-13-16-9-11-21(12-10-16)18(22)23-19(2,3)4/h5-9,20H,10-14H2,1-4H3. The number of carbonyl (C=O) groups excluding carboxylic acids is 1. The minimum absolute atomic E-state index is 0.222. The van der Waals surface area contributed by atoms with Crippen molar-refractivity contribution in [1.29, 1.82) is 0 Å². The van der Waals surface area contributed by atoms with E-state index in [0.29, 0.717) is 6.54 Å². The van der Waals surface area contributed by atoms with Crippen molar-refractivity contribution >= 4 is 6.09 Å². The third kappa shape index (κ3) is 5.71. The molecule has 0 spiro atoms. The summed E-state index contributed by atoms with van der Waals surface area (Å²) in [6, 6.07) is 8.42. The highest BCUT2D eigenvalue weighted by atomic mass is 16.6. The molecule has 1 amide bonds. The molecule has 1 aliphatic rings. The van der Waals surface area contributed by atoms with Gasteiger partial charge in [0.1, 0.15) is 5.60 Å². The van der Waals surface area contributed by atoms with E-state index in [9.17, 15) is 4.79 Å². The van der Waals surface area contributed by atoms with E-state index in [4.69, 9.17) is 4.74 Å². The van der Waals surface area contributed by atoms with Gasteiger partial charge >= 0.3 is 6.09 Å². The van der Waals surface area contributed by atoms with Crippen LogP contribution in [0.1, 0.15) is 38.3 Å². The molecule has 126 valence electrons. The van der Waals surface area contributed by atoms with Gasteiger partial charge in [0, 0.05) is 26.2 Å². The maximum atomic E-state index is 12.0. The Kier molecular flexibility index (Phi) is 5.83. The molecule has 1 aliphatic heterocycles. The van der Waals surface area contributed by atoms with Crippen LogP contribution in [-0.2, 0) is 11.3 Å². The molecular formula is C19H28N2O2. The predicted molar refractivity (Wildman–Crippen MR) is 93.4 cm³/mol. The Morgan fingerprint density at radius 3 is 2.61 bits per heavy atom. The monoisotopic (exact) mass is 316 g/mol. The lowest BCUT2D eigenvalue weighted by Gasteiger charge is -2.29. The number of amides is 1. The maximum Gasteiger partial charge on any atom is 0.410 e. The van der Waals surface area contributed by atoms with E-state index in [1.54, 1.807) is 4.90 Å². The third-order valence-corrected chi connectivity index (χ3v) is 3.88. The summed E-state index contributed by atoms with van der Waals surface area (Å²) in [5, 5.41) is 3.49. The summed E-state index contributed by atoms with van der Waals surface area (Å²) in [6.07, 6.45) is 2.82. The number of hydrogen-bond acceptors (Lipinski definition) is 3. The fourth-order valence-electron chi connectivity index (χ4n) is 2.53. The number of carbonyl (C=O) groups is 1. The molecule has 1 aromatic carbocycles. The highest BCUT2D eigenvalue weighted by Gasteiger charge is 2.23. The van der Waals surface area contributed by atoms with Gasteiger partial charge in [0.25, 0.3) is 0 Å². The molecule has 0 atom stereocenters. The topological polar surface area (TPSA) is 41.6 Å².